The zero-order valence-corrected chi connectivity index (χ0v) is 15.4. The van der Waals surface area contributed by atoms with Crippen molar-refractivity contribution in [3.05, 3.63) is 54.4 Å². The van der Waals surface area contributed by atoms with E-state index in [1.807, 2.05) is 6.92 Å². The predicted molar refractivity (Wildman–Crippen MR) is 101 cm³/mol. The summed E-state index contributed by atoms with van der Waals surface area (Å²) in [5.74, 6) is 1.28. The molecule has 0 aliphatic carbocycles. The van der Waals surface area contributed by atoms with Crippen molar-refractivity contribution < 1.29 is 22.6 Å². The molecule has 0 spiro atoms. The van der Waals surface area contributed by atoms with E-state index in [2.05, 4.69) is 20.3 Å². The first-order valence-electron chi connectivity index (χ1n) is 8.69. The highest BCUT2D eigenvalue weighted by atomic mass is 19.4. The van der Waals surface area contributed by atoms with Crippen LogP contribution in [0.5, 0.6) is 17.4 Å². The van der Waals surface area contributed by atoms with Crippen molar-refractivity contribution in [1.29, 1.82) is 0 Å². The molecule has 0 aliphatic heterocycles. The Bertz CT molecular complexity index is 965. The molecule has 0 saturated carbocycles. The number of halogens is 3. The van der Waals surface area contributed by atoms with Crippen LogP contribution in [0, 0.1) is 0 Å². The maximum Gasteiger partial charge on any atom is 0.433 e. The summed E-state index contributed by atoms with van der Waals surface area (Å²) in [7, 11) is 0. The van der Waals surface area contributed by atoms with Crippen molar-refractivity contribution in [1.82, 2.24) is 15.0 Å². The molecule has 2 heterocycles. The fourth-order valence-corrected chi connectivity index (χ4v) is 2.31. The third kappa shape index (κ3) is 5.71. The lowest BCUT2D eigenvalue weighted by Gasteiger charge is -2.11. The molecule has 3 N–H and O–H groups in total. The predicted octanol–water partition coefficient (Wildman–Crippen LogP) is 4.80. The second-order valence-corrected chi connectivity index (χ2v) is 5.92. The maximum atomic E-state index is 12.7. The molecule has 7 nitrogen and oxygen atoms in total. The Morgan fingerprint density at radius 3 is 2.48 bits per heavy atom. The molecule has 3 aromatic rings. The molecule has 0 atom stereocenters. The lowest BCUT2D eigenvalue weighted by Crippen LogP contribution is -2.07. The van der Waals surface area contributed by atoms with Gasteiger partial charge < -0.3 is 20.5 Å². The second-order valence-electron chi connectivity index (χ2n) is 5.92. The minimum atomic E-state index is -4.54. The van der Waals surface area contributed by atoms with Gasteiger partial charge in [0.1, 0.15) is 23.0 Å². The van der Waals surface area contributed by atoms with Gasteiger partial charge in [-0.05, 0) is 36.8 Å². The van der Waals surface area contributed by atoms with Crippen LogP contribution >= 0.6 is 0 Å². The van der Waals surface area contributed by atoms with Gasteiger partial charge in [-0.2, -0.15) is 23.1 Å². The fourth-order valence-electron chi connectivity index (χ4n) is 2.31. The van der Waals surface area contributed by atoms with Crippen LogP contribution in [0.4, 0.5) is 30.6 Å². The third-order valence-corrected chi connectivity index (χ3v) is 3.56. The van der Waals surface area contributed by atoms with Crippen molar-refractivity contribution >= 4 is 17.5 Å². The second kappa shape index (κ2) is 8.63. The molecule has 2 aromatic heterocycles. The van der Waals surface area contributed by atoms with Crippen molar-refractivity contribution in [3.63, 3.8) is 0 Å². The fraction of sp³-hybridized carbons (Fsp3) is 0.211. The summed E-state index contributed by atoms with van der Waals surface area (Å²) in [6.07, 6.45) is -2.66. The van der Waals surface area contributed by atoms with E-state index in [4.69, 9.17) is 15.2 Å². The van der Waals surface area contributed by atoms with Gasteiger partial charge in [0.15, 0.2) is 0 Å². The van der Waals surface area contributed by atoms with Crippen LogP contribution in [0.2, 0.25) is 0 Å². The zero-order valence-electron chi connectivity index (χ0n) is 15.4. The summed E-state index contributed by atoms with van der Waals surface area (Å²) < 4.78 is 49.1. The van der Waals surface area contributed by atoms with Gasteiger partial charge in [-0.25, -0.2) is 0 Å². The zero-order chi connectivity index (χ0) is 20.9. The number of nitrogens with zero attached hydrogens (tertiary/aromatic N) is 3. The van der Waals surface area contributed by atoms with Crippen molar-refractivity contribution in [2.45, 2.75) is 19.5 Å². The lowest BCUT2D eigenvalue weighted by molar-refractivity contribution is -0.141. The Kier molecular flexibility index (Phi) is 6.01. The molecule has 29 heavy (non-hydrogen) atoms. The SMILES string of the molecule is CCCOc1cc(Nc2ccc(Oc3ccnc(C(F)(F)F)c3)cc2)nc(N)n1. The molecule has 152 valence electrons. The van der Waals surface area contributed by atoms with Gasteiger partial charge in [0, 0.05) is 24.0 Å². The molecule has 0 radical (unpaired) electrons. The van der Waals surface area contributed by atoms with E-state index in [1.54, 1.807) is 30.3 Å². The number of aromatic nitrogens is 3. The van der Waals surface area contributed by atoms with Gasteiger partial charge in [-0.15, -0.1) is 0 Å². The van der Waals surface area contributed by atoms with Gasteiger partial charge in [-0.3, -0.25) is 4.98 Å². The van der Waals surface area contributed by atoms with Gasteiger partial charge in [0.25, 0.3) is 0 Å². The monoisotopic (exact) mass is 405 g/mol. The number of benzene rings is 1. The molecule has 0 bridgehead atoms. The molecule has 3 rings (SSSR count). The van der Waals surface area contributed by atoms with Crippen molar-refractivity contribution in [2.24, 2.45) is 0 Å². The van der Waals surface area contributed by atoms with Crippen LogP contribution in [0.3, 0.4) is 0 Å². The van der Waals surface area contributed by atoms with E-state index in [0.29, 0.717) is 29.7 Å². The summed E-state index contributed by atoms with van der Waals surface area (Å²) in [6.45, 7) is 2.48. The van der Waals surface area contributed by atoms with Crippen molar-refractivity contribution in [3.8, 4) is 17.4 Å². The minimum absolute atomic E-state index is 0.0364. The lowest BCUT2D eigenvalue weighted by atomic mass is 10.3. The number of hydrogen-bond donors (Lipinski definition) is 2. The van der Waals surface area contributed by atoms with Crippen LogP contribution in [0.15, 0.2) is 48.7 Å². The highest BCUT2D eigenvalue weighted by molar-refractivity contribution is 5.59. The van der Waals surface area contributed by atoms with Crippen LogP contribution in [0.1, 0.15) is 19.0 Å². The largest absolute Gasteiger partial charge is 0.477 e. The Morgan fingerprint density at radius 1 is 1.03 bits per heavy atom. The first-order chi connectivity index (χ1) is 13.8. The van der Waals surface area contributed by atoms with E-state index in [0.717, 1.165) is 18.7 Å². The summed E-state index contributed by atoms with van der Waals surface area (Å²) in [5.41, 5.74) is 5.34. The average molecular weight is 405 g/mol. The molecule has 0 fully saturated rings. The van der Waals surface area contributed by atoms with Gasteiger partial charge >= 0.3 is 6.18 Å². The molecular formula is C19H18F3N5O2. The number of rotatable bonds is 7. The molecule has 0 unspecified atom stereocenters. The van der Waals surface area contributed by atoms with Gasteiger partial charge in [0.05, 0.1) is 6.61 Å². The summed E-state index contributed by atoms with van der Waals surface area (Å²) >= 11 is 0. The standard InChI is InChI=1S/C19H18F3N5O2/c1-2-9-28-17-11-16(26-18(23)27-17)25-12-3-5-13(6-4-12)29-14-7-8-24-15(10-14)19(20,21)22/h3-8,10-11H,2,9H2,1H3,(H3,23,25,26,27). The van der Waals surface area contributed by atoms with E-state index in [1.165, 1.54) is 6.07 Å². The average Bonchev–Trinajstić information content (AvgIpc) is 2.67. The Morgan fingerprint density at radius 2 is 1.79 bits per heavy atom. The Balaban J connectivity index is 1.69. The third-order valence-electron chi connectivity index (χ3n) is 3.56. The normalized spacial score (nSPS) is 11.2. The topological polar surface area (TPSA) is 95.2 Å². The van der Waals surface area contributed by atoms with E-state index in [9.17, 15) is 13.2 Å². The Hall–Kier alpha value is -3.56. The number of nitrogen functional groups attached to an aromatic ring is 1. The maximum absolute atomic E-state index is 12.7. The van der Waals surface area contributed by atoms with Gasteiger partial charge in [0.2, 0.25) is 11.8 Å². The number of anilines is 3. The molecular weight excluding hydrogens is 387 g/mol. The van der Waals surface area contributed by atoms with E-state index in [-0.39, 0.29) is 11.7 Å². The van der Waals surface area contributed by atoms with Crippen molar-refractivity contribution in [2.75, 3.05) is 17.7 Å². The van der Waals surface area contributed by atoms with E-state index < -0.39 is 11.9 Å². The molecule has 0 aliphatic rings. The smallest absolute Gasteiger partial charge is 0.433 e. The molecule has 10 heteroatoms. The molecule has 0 saturated heterocycles. The van der Waals surface area contributed by atoms with E-state index >= 15 is 0 Å². The number of pyridine rings is 1. The quantitative estimate of drug-likeness (QED) is 0.583. The van der Waals surface area contributed by atoms with Crippen LogP contribution < -0.4 is 20.5 Å². The van der Waals surface area contributed by atoms with Crippen LogP contribution in [0.25, 0.3) is 0 Å². The first kappa shape index (κ1) is 20.2. The summed E-state index contributed by atoms with van der Waals surface area (Å²) in [4.78, 5) is 11.4. The molecule has 0 amide bonds. The van der Waals surface area contributed by atoms with Crippen LogP contribution in [-0.4, -0.2) is 21.6 Å². The minimum Gasteiger partial charge on any atom is -0.477 e. The van der Waals surface area contributed by atoms with Crippen LogP contribution in [-0.2, 0) is 6.18 Å². The highest BCUT2D eigenvalue weighted by Crippen LogP contribution is 2.31. The summed E-state index contributed by atoms with van der Waals surface area (Å²) in [6, 6.07) is 10.4. The number of nitrogens with two attached hydrogens (primary N) is 1. The first-order valence-corrected chi connectivity index (χ1v) is 8.69. The number of nitrogens with one attached hydrogen (secondary N) is 1. The number of ether oxygens (including phenoxy) is 2. The summed E-state index contributed by atoms with van der Waals surface area (Å²) in [5, 5.41) is 3.06. The van der Waals surface area contributed by atoms with Gasteiger partial charge in [-0.1, -0.05) is 6.92 Å². The highest BCUT2D eigenvalue weighted by Gasteiger charge is 2.32. The molecule has 1 aromatic carbocycles. The number of hydrogen-bond acceptors (Lipinski definition) is 7. The number of alkyl halides is 3. The Labute approximate surface area is 164 Å².